The van der Waals surface area contributed by atoms with E-state index in [-0.39, 0.29) is 11.8 Å². The molecule has 1 saturated carbocycles. The van der Waals surface area contributed by atoms with E-state index in [0.717, 1.165) is 44.6 Å². The fourth-order valence-corrected chi connectivity index (χ4v) is 2.47. The smallest absolute Gasteiger partial charge is 0.227 e. The number of anilines is 1. The number of carbonyl (C=O) groups is 1. The van der Waals surface area contributed by atoms with Gasteiger partial charge in [0.05, 0.1) is 17.9 Å². The van der Waals surface area contributed by atoms with E-state index in [1.807, 2.05) is 10.9 Å². The largest absolute Gasteiger partial charge is 0.381 e. The summed E-state index contributed by atoms with van der Waals surface area (Å²) in [4.78, 5) is 11.8. The fourth-order valence-electron chi connectivity index (χ4n) is 2.47. The molecule has 0 spiro atoms. The van der Waals surface area contributed by atoms with Crippen LogP contribution in [0.3, 0.4) is 0 Å². The molecule has 98 valence electrons. The predicted octanol–water partition coefficient (Wildman–Crippen LogP) is 1.97. The molecule has 1 amide bonds. The number of nitrogens with one attached hydrogen (secondary N) is 1. The van der Waals surface area contributed by atoms with Crippen molar-refractivity contribution < 1.29 is 9.53 Å². The number of hydrogen-bond acceptors (Lipinski definition) is 3. The van der Waals surface area contributed by atoms with Gasteiger partial charge < -0.3 is 10.1 Å². The average molecular weight is 249 g/mol. The molecule has 0 unspecified atom stereocenters. The van der Waals surface area contributed by atoms with Crippen molar-refractivity contribution in [3.05, 3.63) is 12.4 Å². The second kappa shape index (κ2) is 5.10. The van der Waals surface area contributed by atoms with Crippen molar-refractivity contribution in [2.45, 2.75) is 38.1 Å². The van der Waals surface area contributed by atoms with Gasteiger partial charge in [-0.15, -0.1) is 0 Å². The highest BCUT2D eigenvalue weighted by Gasteiger charge is 2.25. The predicted molar refractivity (Wildman–Crippen MR) is 67.3 cm³/mol. The van der Waals surface area contributed by atoms with E-state index in [1.165, 1.54) is 6.42 Å². The summed E-state index contributed by atoms with van der Waals surface area (Å²) in [5.74, 6) is 0.365. The molecule has 1 saturated heterocycles. The van der Waals surface area contributed by atoms with Crippen LogP contribution in [0.15, 0.2) is 12.4 Å². The van der Waals surface area contributed by atoms with Crippen LogP contribution in [0.5, 0.6) is 0 Å². The summed E-state index contributed by atoms with van der Waals surface area (Å²) < 4.78 is 7.29. The van der Waals surface area contributed by atoms with E-state index in [1.54, 1.807) is 6.20 Å². The van der Waals surface area contributed by atoms with Gasteiger partial charge in [0.15, 0.2) is 0 Å². The SMILES string of the molecule is O=C(Nc1cnn(C2CCOCC2)c1)C1CCC1. The summed E-state index contributed by atoms with van der Waals surface area (Å²) in [6, 6.07) is 0.410. The lowest BCUT2D eigenvalue weighted by Gasteiger charge is -2.23. The van der Waals surface area contributed by atoms with Gasteiger partial charge in [-0.25, -0.2) is 0 Å². The Bertz CT molecular complexity index is 420. The first kappa shape index (κ1) is 11.7. The van der Waals surface area contributed by atoms with Crippen LogP contribution in [0.4, 0.5) is 5.69 Å². The van der Waals surface area contributed by atoms with Gasteiger partial charge in [0, 0.05) is 25.3 Å². The molecule has 18 heavy (non-hydrogen) atoms. The lowest BCUT2D eigenvalue weighted by molar-refractivity contribution is -0.122. The number of rotatable bonds is 3. The highest BCUT2D eigenvalue weighted by atomic mass is 16.5. The minimum absolute atomic E-state index is 0.146. The van der Waals surface area contributed by atoms with Crippen molar-refractivity contribution in [2.24, 2.45) is 5.92 Å². The zero-order valence-electron chi connectivity index (χ0n) is 10.5. The molecule has 1 aromatic rings. The molecule has 2 aliphatic rings. The molecule has 0 bridgehead atoms. The summed E-state index contributed by atoms with van der Waals surface area (Å²) in [7, 11) is 0. The number of hydrogen-bond donors (Lipinski definition) is 1. The highest BCUT2D eigenvalue weighted by molar-refractivity contribution is 5.92. The Hall–Kier alpha value is -1.36. The first-order valence-electron chi connectivity index (χ1n) is 6.76. The zero-order valence-corrected chi connectivity index (χ0v) is 10.5. The summed E-state index contributed by atoms with van der Waals surface area (Å²) >= 11 is 0. The van der Waals surface area contributed by atoms with Crippen molar-refractivity contribution >= 4 is 11.6 Å². The maximum atomic E-state index is 11.8. The maximum Gasteiger partial charge on any atom is 0.227 e. The third-order valence-electron chi connectivity index (χ3n) is 3.91. The van der Waals surface area contributed by atoms with Crippen LogP contribution in [0.25, 0.3) is 0 Å². The summed E-state index contributed by atoms with van der Waals surface area (Å²) in [6.07, 6.45) is 8.91. The fraction of sp³-hybridized carbons (Fsp3) is 0.692. The first-order chi connectivity index (χ1) is 8.83. The minimum Gasteiger partial charge on any atom is -0.381 e. The van der Waals surface area contributed by atoms with E-state index in [0.29, 0.717) is 6.04 Å². The molecule has 0 aromatic carbocycles. The van der Waals surface area contributed by atoms with Crippen molar-refractivity contribution in [2.75, 3.05) is 18.5 Å². The Morgan fingerprint density at radius 3 is 2.78 bits per heavy atom. The summed E-state index contributed by atoms with van der Waals surface area (Å²) in [6.45, 7) is 1.60. The van der Waals surface area contributed by atoms with Crippen LogP contribution in [0, 0.1) is 5.92 Å². The molecule has 1 N–H and O–H groups in total. The van der Waals surface area contributed by atoms with Gasteiger partial charge in [-0.2, -0.15) is 5.10 Å². The first-order valence-corrected chi connectivity index (χ1v) is 6.76. The maximum absolute atomic E-state index is 11.8. The molecule has 0 radical (unpaired) electrons. The van der Waals surface area contributed by atoms with Crippen LogP contribution in [0.2, 0.25) is 0 Å². The molecule has 2 heterocycles. The molecule has 1 aromatic heterocycles. The summed E-state index contributed by atoms with van der Waals surface area (Å²) in [5, 5.41) is 7.29. The molecule has 2 fully saturated rings. The molecule has 0 atom stereocenters. The quantitative estimate of drug-likeness (QED) is 0.891. The van der Waals surface area contributed by atoms with Crippen molar-refractivity contribution in [3.63, 3.8) is 0 Å². The van der Waals surface area contributed by atoms with Crippen LogP contribution in [-0.2, 0) is 9.53 Å². The van der Waals surface area contributed by atoms with Crippen LogP contribution >= 0.6 is 0 Å². The third-order valence-corrected chi connectivity index (χ3v) is 3.91. The average Bonchev–Trinajstić information content (AvgIpc) is 2.76. The van der Waals surface area contributed by atoms with Gasteiger partial charge in [-0.05, 0) is 25.7 Å². The van der Waals surface area contributed by atoms with E-state index in [4.69, 9.17) is 4.74 Å². The topological polar surface area (TPSA) is 56.2 Å². The van der Waals surface area contributed by atoms with Crippen LogP contribution in [-0.4, -0.2) is 28.9 Å². The second-order valence-corrected chi connectivity index (χ2v) is 5.17. The Morgan fingerprint density at radius 1 is 1.33 bits per heavy atom. The van der Waals surface area contributed by atoms with Crippen molar-refractivity contribution in [3.8, 4) is 0 Å². The Labute approximate surface area is 107 Å². The molecule has 3 rings (SSSR count). The normalized spacial score (nSPS) is 21.6. The van der Waals surface area contributed by atoms with Gasteiger partial charge in [0.25, 0.3) is 0 Å². The van der Waals surface area contributed by atoms with Crippen LogP contribution in [0.1, 0.15) is 38.1 Å². The number of ether oxygens (including phenoxy) is 1. The van der Waals surface area contributed by atoms with Gasteiger partial charge >= 0.3 is 0 Å². The zero-order chi connectivity index (χ0) is 12.4. The van der Waals surface area contributed by atoms with Crippen molar-refractivity contribution in [1.82, 2.24) is 9.78 Å². The van der Waals surface area contributed by atoms with E-state index in [9.17, 15) is 4.79 Å². The molecule has 5 nitrogen and oxygen atoms in total. The minimum atomic E-state index is 0.146. The molecular weight excluding hydrogens is 230 g/mol. The number of nitrogens with zero attached hydrogens (tertiary/aromatic N) is 2. The van der Waals surface area contributed by atoms with Gasteiger partial charge in [-0.3, -0.25) is 9.48 Å². The molecule has 1 aliphatic heterocycles. The van der Waals surface area contributed by atoms with E-state index < -0.39 is 0 Å². The second-order valence-electron chi connectivity index (χ2n) is 5.17. The number of amides is 1. The van der Waals surface area contributed by atoms with Gasteiger partial charge in [0.2, 0.25) is 5.91 Å². The molecular formula is C13H19N3O2. The van der Waals surface area contributed by atoms with Crippen LogP contribution < -0.4 is 5.32 Å². The third kappa shape index (κ3) is 2.41. The Kier molecular flexibility index (Phi) is 3.32. The molecule has 5 heteroatoms. The number of aromatic nitrogens is 2. The van der Waals surface area contributed by atoms with E-state index >= 15 is 0 Å². The van der Waals surface area contributed by atoms with Crippen molar-refractivity contribution in [1.29, 1.82) is 0 Å². The van der Waals surface area contributed by atoms with Gasteiger partial charge in [-0.1, -0.05) is 6.42 Å². The standard InChI is InChI=1S/C13H19N3O2/c17-13(10-2-1-3-10)15-11-8-14-16(9-11)12-4-6-18-7-5-12/h8-10,12H,1-7H2,(H,15,17). The van der Waals surface area contributed by atoms with Gasteiger partial charge in [0.1, 0.15) is 0 Å². The Morgan fingerprint density at radius 2 is 2.11 bits per heavy atom. The highest BCUT2D eigenvalue weighted by Crippen LogP contribution is 2.28. The monoisotopic (exact) mass is 249 g/mol. The lowest BCUT2D eigenvalue weighted by atomic mass is 9.85. The lowest BCUT2D eigenvalue weighted by Crippen LogP contribution is -2.27. The van der Waals surface area contributed by atoms with E-state index in [2.05, 4.69) is 10.4 Å². The number of carbonyl (C=O) groups excluding carboxylic acids is 1. The summed E-state index contributed by atoms with van der Waals surface area (Å²) in [5.41, 5.74) is 0.818. The molecule has 1 aliphatic carbocycles. The Balaban J connectivity index is 1.60.